The number of aliphatic hydroxyl groups is 9. The van der Waals surface area contributed by atoms with Crippen LogP contribution in [0.2, 0.25) is 0 Å². The second-order valence-corrected chi connectivity index (χ2v) is 12.0. The smallest absolute Gasteiger partial charge is 0.228 e. The lowest BCUT2D eigenvalue weighted by Gasteiger charge is -2.45. The Bertz CT molecular complexity index is 1680. The Labute approximate surface area is 275 Å². The summed E-state index contributed by atoms with van der Waals surface area (Å²) in [4.78, 5) is 13.5. The fourth-order valence-electron chi connectivity index (χ4n) is 5.97. The van der Waals surface area contributed by atoms with Crippen LogP contribution in [0.15, 0.2) is 45.6 Å². The summed E-state index contributed by atoms with van der Waals surface area (Å²) in [6.07, 6.45) is -22.6. The molecule has 13 atom stereocenters. The molecule has 2 aromatic carbocycles. The molecule has 18 heteroatoms. The number of aromatic hydroxyl groups is 2. The van der Waals surface area contributed by atoms with Gasteiger partial charge < -0.3 is 84.3 Å². The van der Waals surface area contributed by atoms with Gasteiger partial charge in [0.2, 0.25) is 6.29 Å². The van der Waals surface area contributed by atoms with Gasteiger partial charge in [-0.25, -0.2) is 0 Å². The van der Waals surface area contributed by atoms with Crippen molar-refractivity contribution in [1.82, 2.24) is 0 Å². The summed E-state index contributed by atoms with van der Waals surface area (Å²) in [5.74, 6) is -1.38. The minimum Gasteiger partial charge on any atom is -0.508 e. The first-order valence-corrected chi connectivity index (χ1v) is 15.2. The van der Waals surface area contributed by atoms with Crippen LogP contribution < -0.4 is 10.2 Å². The van der Waals surface area contributed by atoms with Crippen LogP contribution in [0.1, 0.15) is 11.7 Å². The molecule has 49 heavy (non-hydrogen) atoms. The van der Waals surface area contributed by atoms with Crippen LogP contribution in [0.3, 0.4) is 0 Å². The van der Waals surface area contributed by atoms with E-state index in [2.05, 4.69) is 0 Å². The van der Waals surface area contributed by atoms with Gasteiger partial charge in [-0.1, -0.05) is 0 Å². The van der Waals surface area contributed by atoms with Gasteiger partial charge in [0.1, 0.15) is 101 Å². The quantitative estimate of drug-likeness (QED) is 0.115. The highest BCUT2D eigenvalue weighted by atomic mass is 16.7. The number of phenolic OH excluding ortho intramolecular Hbond substituents is 2. The summed E-state index contributed by atoms with van der Waals surface area (Å²) >= 11 is 0. The molecule has 0 bridgehead atoms. The fourth-order valence-corrected chi connectivity index (χ4v) is 5.97. The van der Waals surface area contributed by atoms with Crippen molar-refractivity contribution in [1.29, 1.82) is 0 Å². The van der Waals surface area contributed by atoms with Gasteiger partial charge >= 0.3 is 0 Å². The first kappa shape index (κ1) is 35.4. The lowest BCUT2D eigenvalue weighted by atomic mass is 9.89. The first-order valence-electron chi connectivity index (χ1n) is 15.2. The summed E-state index contributed by atoms with van der Waals surface area (Å²) in [5, 5.41) is 114. The van der Waals surface area contributed by atoms with Gasteiger partial charge in [-0.05, 0) is 24.3 Å². The van der Waals surface area contributed by atoms with E-state index in [1.165, 1.54) is 24.3 Å². The molecule has 268 valence electrons. The van der Waals surface area contributed by atoms with Crippen molar-refractivity contribution >= 4 is 11.0 Å². The molecule has 4 heterocycles. The summed E-state index contributed by atoms with van der Waals surface area (Å²) in [7, 11) is 0. The Morgan fingerprint density at radius 1 is 0.755 bits per heavy atom. The van der Waals surface area contributed by atoms with Gasteiger partial charge in [0.25, 0.3) is 0 Å². The summed E-state index contributed by atoms with van der Waals surface area (Å²) in [6, 6.07) is 7.76. The monoisotopic (exact) mass is 696 g/mol. The molecule has 1 aromatic heterocycles. The predicted octanol–water partition coefficient (Wildman–Crippen LogP) is -3.33. The van der Waals surface area contributed by atoms with Crippen molar-refractivity contribution in [2.24, 2.45) is 0 Å². The predicted molar refractivity (Wildman–Crippen MR) is 159 cm³/mol. The highest BCUT2D eigenvalue weighted by molar-refractivity contribution is 5.88. The number of ether oxygens (including phenoxy) is 5. The van der Waals surface area contributed by atoms with E-state index in [0.29, 0.717) is 5.56 Å². The number of rotatable bonds is 7. The highest BCUT2D eigenvalue weighted by Crippen LogP contribution is 2.47. The molecule has 0 saturated carbocycles. The third-order valence-electron chi connectivity index (χ3n) is 8.74. The molecule has 0 spiro atoms. The third kappa shape index (κ3) is 6.59. The zero-order valence-electron chi connectivity index (χ0n) is 25.4. The minimum atomic E-state index is -1.96. The van der Waals surface area contributed by atoms with Crippen molar-refractivity contribution in [3.63, 3.8) is 0 Å². The van der Waals surface area contributed by atoms with Gasteiger partial charge in [-0.3, -0.25) is 4.79 Å². The number of benzene rings is 2. The van der Waals surface area contributed by atoms with Gasteiger partial charge in [-0.2, -0.15) is 0 Å². The fraction of sp³-hybridized carbons (Fsp3) is 0.516. The van der Waals surface area contributed by atoms with Crippen LogP contribution in [0.5, 0.6) is 17.2 Å². The van der Waals surface area contributed by atoms with E-state index >= 15 is 0 Å². The van der Waals surface area contributed by atoms with E-state index in [1.54, 1.807) is 0 Å². The molecule has 18 nitrogen and oxygen atoms in total. The molecule has 6 rings (SSSR count). The Hall–Kier alpha value is -3.47. The summed E-state index contributed by atoms with van der Waals surface area (Å²) in [5.41, 5.74) is -1.20. The zero-order chi connectivity index (χ0) is 35.3. The number of fused-ring (bicyclic) bond motifs is 1. The molecule has 3 saturated heterocycles. The van der Waals surface area contributed by atoms with E-state index < -0.39 is 127 Å². The van der Waals surface area contributed by atoms with Gasteiger partial charge in [0.05, 0.1) is 25.4 Å². The SMILES string of the molecule is O=c1cc(-c2ccc(O)cc2)oc2cc(O[C@@H]3OC[C@@H](O)[C@H](O)C3O)c([C@@H]3OC(CO)[C@@H](O)[C@H](O)C3O[C@@H]3OC[C@H](O)[C@H](O)C3O)c(O)c12. The Balaban J connectivity index is 1.51. The maximum atomic E-state index is 13.5. The average Bonchev–Trinajstić information content (AvgIpc) is 3.07. The number of hydrogen-bond donors (Lipinski definition) is 11. The molecule has 11 N–H and O–H groups in total. The van der Waals surface area contributed by atoms with Gasteiger partial charge in [0.15, 0.2) is 11.7 Å². The second kappa shape index (κ2) is 14.0. The standard InChI is InChI=1S/C31H36O18/c32-7-18-23(39)25(41)29(49-31-27(43)22(38)14(36)9-45-31)28(47-18)20-17(48-30-26(42)21(37)13(35)8-44-30)6-16-19(24(20)40)12(34)5-15(46-16)10-1-3-11(33)4-2-10/h1-6,13-14,18,21-23,25-33,35-43H,7-9H2/t13-,14+,18?,21+,22+,23-,25+,26?,27?,28+,29?,30+,31+/m1/s1. The van der Waals surface area contributed by atoms with Crippen LogP contribution in [-0.2, 0) is 18.9 Å². The average molecular weight is 697 g/mol. The van der Waals surface area contributed by atoms with E-state index in [9.17, 15) is 61.0 Å². The molecule has 4 unspecified atom stereocenters. The minimum absolute atomic E-state index is 0.00120. The number of aliphatic hydroxyl groups excluding tert-OH is 9. The summed E-state index contributed by atoms with van der Waals surface area (Å²) in [6.45, 7) is -1.87. The lowest BCUT2D eigenvalue weighted by molar-refractivity contribution is -0.325. The van der Waals surface area contributed by atoms with Crippen LogP contribution in [0, 0.1) is 0 Å². The zero-order valence-corrected chi connectivity index (χ0v) is 25.4. The molecular formula is C31H36O18. The highest BCUT2D eigenvalue weighted by Gasteiger charge is 2.51. The molecule has 3 fully saturated rings. The van der Waals surface area contributed by atoms with Crippen LogP contribution in [0.25, 0.3) is 22.3 Å². The molecule has 3 aromatic rings. The van der Waals surface area contributed by atoms with E-state index in [1.807, 2.05) is 0 Å². The topological polar surface area (TPSA) is 299 Å². The Morgan fingerprint density at radius 3 is 2.00 bits per heavy atom. The van der Waals surface area contributed by atoms with Crippen molar-refractivity contribution < 1.29 is 84.3 Å². The van der Waals surface area contributed by atoms with Gasteiger partial charge in [0, 0.05) is 17.7 Å². The number of hydrogen-bond acceptors (Lipinski definition) is 18. The van der Waals surface area contributed by atoms with Crippen LogP contribution in [0.4, 0.5) is 0 Å². The van der Waals surface area contributed by atoms with E-state index in [4.69, 9.17) is 28.1 Å². The van der Waals surface area contributed by atoms with E-state index in [-0.39, 0.29) is 17.1 Å². The maximum absolute atomic E-state index is 13.5. The molecule has 0 amide bonds. The maximum Gasteiger partial charge on any atom is 0.228 e. The Kier molecular flexibility index (Phi) is 10.1. The van der Waals surface area contributed by atoms with E-state index in [0.717, 1.165) is 12.1 Å². The normalized spacial score (nSPS) is 36.9. The lowest BCUT2D eigenvalue weighted by Crippen LogP contribution is -2.60. The van der Waals surface area contributed by atoms with Crippen molar-refractivity contribution in [2.45, 2.75) is 79.7 Å². The molecular weight excluding hydrogens is 660 g/mol. The largest absolute Gasteiger partial charge is 0.508 e. The summed E-state index contributed by atoms with van der Waals surface area (Å²) < 4.78 is 34.2. The van der Waals surface area contributed by atoms with Crippen LogP contribution in [-0.4, -0.2) is 150 Å². The van der Waals surface area contributed by atoms with Gasteiger partial charge in [-0.15, -0.1) is 0 Å². The van der Waals surface area contributed by atoms with Crippen LogP contribution >= 0.6 is 0 Å². The molecule has 3 aliphatic heterocycles. The first-order chi connectivity index (χ1) is 23.3. The Morgan fingerprint density at radius 2 is 1.37 bits per heavy atom. The third-order valence-corrected chi connectivity index (χ3v) is 8.74. The molecule has 0 radical (unpaired) electrons. The van der Waals surface area contributed by atoms with Crippen molar-refractivity contribution in [3.8, 4) is 28.6 Å². The second-order valence-electron chi connectivity index (χ2n) is 12.0. The van der Waals surface area contributed by atoms with Crippen molar-refractivity contribution in [2.75, 3.05) is 19.8 Å². The van der Waals surface area contributed by atoms with Crippen molar-refractivity contribution in [3.05, 3.63) is 52.2 Å². The molecule has 3 aliphatic rings. The number of phenols is 2. The molecule has 0 aliphatic carbocycles.